The average Bonchev–Trinajstić information content (AvgIpc) is 3.21. The minimum atomic E-state index is -0.922. The number of aliphatic carboxylic acids is 2. The summed E-state index contributed by atoms with van der Waals surface area (Å²) >= 11 is 0. The summed E-state index contributed by atoms with van der Waals surface area (Å²) in [6.45, 7) is 5.73. The third-order valence-electron chi connectivity index (χ3n) is 10.8. The van der Waals surface area contributed by atoms with E-state index >= 15 is 0 Å². The molecule has 0 aliphatic heterocycles. The molecule has 5 rings (SSSR count). The quantitative estimate of drug-likeness (QED) is 0.0730. The largest absolute Gasteiger partial charge is 0.481 e. The van der Waals surface area contributed by atoms with E-state index in [0.717, 1.165) is 55.2 Å². The zero-order valence-electron chi connectivity index (χ0n) is 33.6. The fraction of sp³-hybridized carbons (Fsp3) is 0.417. The lowest BCUT2D eigenvalue weighted by molar-refractivity contribution is -0.148. The van der Waals surface area contributed by atoms with Gasteiger partial charge in [-0.25, -0.2) is 0 Å². The highest BCUT2D eigenvalue weighted by Gasteiger charge is 2.32. The second kappa shape index (κ2) is 23.1. The van der Waals surface area contributed by atoms with Gasteiger partial charge in [0.2, 0.25) is 5.91 Å². The second-order valence-corrected chi connectivity index (χ2v) is 15.5. The van der Waals surface area contributed by atoms with Gasteiger partial charge in [-0.05, 0) is 84.7 Å². The van der Waals surface area contributed by atoms with Crippen LogP contribution in [0.15, 0.2) is 109 Å². The summed E-state index contributed by atoms with van der Waals surface area (Å²) in [4.78, 5) is 47.9. The van der Waals surface area contributed by atoms with Crippen LogP contribution >= 0.6 is 0 Å². The number of carbonyl (C=O) groups is 4. The molecule has 0 bridgehead atoms. The smallest absolute Gasteiger partial charge is 0.308 e. The number of hydrogen-bond acceptors (Lipinski definition) is 6. The van der Waals surface area contributed by atoms with E-state index in [9.17, 15) is 29.4 Å². The Morgan fingerprint density at radius 2 is 1.16 bits per heavy atom. The number of hydrogen-bond donors (Lipinski definition) is 4. The Balaban J connectivity index is 0.000000273. The van der Waals surface area contributed by atoms with Gasteiger partial charge in [0.15, 0.2) is 0 Å². The average molecular weight is 777 g/mol. The Labute approximate surface area is 338 Å². The Morgan fingerprint density at radius 1 is 0.667 bits per heavy atom. The first kappa shape index (κ1) is 44.4. The fourth-order valence-corrected chi connectivity index (χ4v) is 7.63. The van der Waals surface area contributed by atoms with Crippen LogP contribution in [0.2, 0.25) is 0 Å². The minimum absolute atomic E-state index is 0.0268. The van der Waals surface area contributed by atoms with Crippen molar-refractivity contribution in [2.45, 2.75) is 97.1 Å². The zero-order valence-corrected chi connectivity index (χ0v) is 33.6. The lowest BCUT2D eigenvalue weighted by Crippen LogP contribution is -2.41. The van der Waals surface area contributed by atoms with Crippen molar-refractivity contribution in [1.82, 2.24) is 5.32 Å². The number of carboxylic acid groups (broad SMARTS) is 2. The molecule has 0 unspecified atom stereocenters. The van der Waals surface area contributed by atoms with E-state index in [1.54, 1.807) is 6.92 Å². The van der Waals surface area contributed by atoms with E-state index in [-0.39, 0.29) is 48.6 Å². The van der Waals surface area contributed by atoms with Gasteiger partial charge < -0.3 is 26.0 Å². The SMILES string of the molecule is CCOC(=O)[C@H](C)C[C@H](N)Cc1ccc(-c2ccccc2)cc1.C[C@@H](C[C@@H](Cc1ccc(-c2ccccc2)cc1)NC(=O)C[C@H](C(=O)O)C1CCCCC1)C(=O)O. The van der Waals surface area contributed by atoms with E-state index < -0.39 is 23.8 Å². The molecule has 0 saturated heterocycles. The predicted molar refractivity (Wildman–Crippen MR) is 225 cm³/mol. The van der Waals surface area contributed by atoms with E-state index in [1.807, 2.05) is 86.6 Å². The maximum atomic E-state index is 12.9. The number of rotatable bonds is 18. The molecule has 5 N–H and O–H groups in total. The maximum absolute atomic E-state index is 12.9. The first-order valence-electron chi connectivity index (χ1n) is 20.4. The predicted octanol–water partition coefficient (Wildman–Crippen LogP) is 8.98. The molecule has 0 spiro atoms. The molecule has 9 heteroatoms. The number of nitrogens with two attached hydrogens (primary N) is 1. The van der Waals surface area contributed by atoms with E-state index in [0.29, 0.717) is 19.4 Å². The standard InChI is InChI=1S/C28H35NO5.C20H25NO2/c1-19(27(31)32)16-24(17-20-12-14-22(15-13-20)21-8-4-2-5-9-21)29-26(30)18-25(28(33)34)23-10-6-3-7-11-23;1-3-23-20(22)15(2)13-19(21)14-16-9-11-18(12-10-16)17-7-5-4-6-8-17/h2,4-5,8-9,12-15,19,23-25H,3,6-7,10-11,16-18H2,1H3,(H,29,30)(H,31,32)(H,33,34);4-12,15,19H,3,13-14,21H2,1-2H3/t19-,24-,25-;15-,19+/m01/s1. The molecule has 4 aromatic carbocycles. The third kappa shape index (κ3) is 15.0. The molecule has 1 aliphatic carbocycles. The van der Waals surface area contributed by atoms with Crippen LogP contribution < -0.4 is 11.1 Å². The van der Waals surface area contributed by atoms with Gasteiger partial charge in [-0.2, -0.15) is 0 Å². The van der Waals surface area contributed by atoms with Crippen LogP contribution in [0.1, 0.15) is 83.3 Å². The number of carboxylic acids is 2. The Bertz CT molecular complexity index is 1820. The van der Waals surface area contributed by atoms with Gasteiger partial charge in [-0.1, -0.05) is 142 Å². The zero-order chi connectivity index (χ0) is 41.2. The molecular formula is C48H60N2O7. The van der Waals surface area contributed by atoms with Crippen molar-refractivity contribution in [3.63, 3.8) is 0 Å². The molecule has 4 aromatic rings. The van der Waals surface area contributed by atoms with Gasteiger partial charge in [0.25, 0.3) is 0 Å². The lowest BCUT2D eigenvalue weighted by atomic mass is 9.78. The summed E-state index contributed by atoms with van der Waals surface area (Å²) in [5.74, 6) is -3.76. The highest BCUT2D eigenvalue weighted by Crippen LogP contribution is 2.32. The van der Waals surface area contributed by atoms with Gasteiger partial charge in [-0.15, -0.1) is 0 Å². The molecule has 1 saturated carbocycles. The Hall–Kier alpha value is -5.28. The van der Waals surface area contributed by atoms with Gasteiger partial charge in [0, 0.05) is 18.5 Å². The molecule has 304 valence electrons. The van der Waals surface area contributed by atoms with Crippen LogP contribution in [0.5, 0.6) is 0 Å². The van der Waals surface area contributed by atoms with Gasteiger partial charge in [-0.3, -0.25) is 19.2 Å². The first-order valence-corrected chi connectivity index (χ1v) is 20.4. The molecule has 1 aliphatic rings. The van der Waals surface area contributed by atoms with Crippen molar-refractivity contribution in [3.8, 4) is 22.3 Å². The van der Waals surface area contributed by atoms with Crippen molar-refractivity contribution < 1.29 is 34.1 Å². The molecule has 1 fully saturated rings. The third-order valence-corrected chi connectivity index (χ3v) is 10.8. The molecule has 9 nitrogen and oxygen atoms in total. The minimum Gasteiger partial charge on any atom is -0.481 e. The molecule has 57 heavy (non-hydrogen) atoms. The first-order chi connectivity index (χ1) is 27.4. The topological polar surface area (TPSA) is 156 Å². The summed E-state index contributed by atoms with van der Waals surface area (Å²) < 4.78 is 5.02. The van der Waals surface area contributed by atoms with Gasteiger partial charge >= 0.3 is 17.9 Å². The molecule has 1 amide bonds. The molecule has 0 radical (unpaired) electrons. The maximum Gasteiger partial charge on any atom is 0.308 e. The number of amides is 1. The van der Waals surface area contributed by atoms with Crippen LogP contribution in [-0.2, 0) is 36.8 Å². The van der Waals surface area contributed by atoms with Crippen molar-refractivity contribution in [2.24, 2.45) is 29.4 Å². The van der Waals surface area contributed by atoms with Crippen LogP contribution in [0.4, 0.5) is 0 Å². The summed E-state index contributed by atoms with van der Waals surface area (Å²) in [5.41, 5.74) is 13.0. The summed E-state index contributed by atoms with van der Waals surface area (Å²) in [6, 6.07) is 36.4. The number of benzene rings is 4. The molecular weight excluding hydrogens is 717 g/mol. The molecule has 0 aromatic heterocycles. The number of ether oxygens (including phenoxy) is 1. The van der Waals surface area contributed by atoms with Crippen LogP contribution in [0, 0.1) is 23.7 Å². The fourth-order valence-electron chi connectivity index (χ4n) is 7.63. The summed E-state index contributed by atoms with van der Waals surface area (Å²) in [6.07, 6.45) is 6.93. The lowest BCUT2D eigenvalue weighted by Gasteiger charge is -2.28. The van der Waals surface area contributed by atoms with Gasteiger partial charge in [0.1, 0.15) is 0 Å². The second-order valence-electron chi connectivity index (χ2n) is 15.5. The monoisotopic (exact) mass is 776 g/mol. The highest BCUT2D eigenvalue weighted by molar-refractivity contribution is 5.82. The van der Waals surface area contributed by atoms with E-state index in [2.05, 4.69) is 41.7 Å². The summed E-state index contributed by atoms with van der Waals surface area (Å²) in [5, 5.41) is 22.1. The van der Waals surface area contributed by atoms with Crippen LogP contribution in [0.25, 0.3) is 22.3 Å². The highest BCUT2D eigenvalue weighted by atomic mass is 16.5. The Morgan fingerprint density at radius 3 is 1.63 bits per heavy atom. The van der Waals surface area contributed by atoms with Crippen molar-refractivity contribution in [3.05, 3.63) is 120 Å². The van der Waals surface area contributed by atoms with Crippen molar-refractivity contribution >= 4 is 23.8 Å². The number of esters is 1. The number of nitrogens with one attached hydrogen (secondary N) is 1. The number of carbonyl (C=O) groups excluding carboxylic acids is 2. The Kier molecular flexibility index (Phi) is 18.0. The normalized spacial score (nSPS) is 15.4. The molecule has 0 heterocycles. The van der Waals surface area contributed by atoms with Gasteiger partial charge in [0.05, 0.1) is 24.4 Å². The molecule has 5 atom stereocenters. The van der Waals surface area contributed by atoms with E-state index in [4.69, 9.17) is 10.5 Å². The van der Waals surface area contributed by atoms with E-state index in [1.165, 1.54) is 16.7 Å². The van der Waals surface area contributed by atoms with Crippen LogP contribution in [0.3, 0.4) is 0 Å². The van der Waals surface area contributed by atoms with Crippen molar-refractivity contribution in [2.75, 3.05) is 6.61 Å². The van der Waals surface area contributed by atoms with Crippen LogP contribution in [-0.4, -0.2) is 52.7 Å². The summed E-state index contributed by atoms with van der Waals surface area (Å²) in [7, 11) is 0. The van der Waals surface area contributed by atoms with Crippen molar-refractivity contribution in [1.29, 1.82) is 0 Å².